The van der Waals surface area contributed by atoms with Crippen LogP contribution in [0.3, 0.4) is 0 Å². The molecule has 3 aromatic rings. The van der Waals surface area contributed by atoms with Crippen LogP contribution in [0, 0.1) is 0 Å². The number of aromatic nitrogens is 2. The molecule has 4 rings (SSSR count). The first kappa shape index (κ1) is 18.8. The van der Waals surface area contributed by atoms with Crippen molar-refractivity contribution in [2.45, 2.75) is 6.10 Å². The second-order valence-corrected chi connectivity index (χ2v) is 7.78. The lowest BCUT2D eigenvalue weighted by Crippen LogP contribution is -2.48. The number of nitrogens with zero attached hydrogens (tertiary/aromatic N) is 4. The molecule has 1 aliphatic heterocycles. The van der Waals surface area contributed by atoms with Crippen LogP contribution in [0.2, 0.25) is 0 Å². The first-order valence-corrected chi connectivity index (χ1v) is 10.0. The molecule has 3 heterocycles. The van der Waals surface area contributed by atoms with Crippen LogP contribution in [0.4, 0.5) is 5.82 Å². The number of anilines is 1. The summed E-state index contributed by atoms with van der Waals surface area (Å²) in [5, 5.41) is 12.2. The largest absolute Gasteiger partial charge is 0.480 e. The number of carboxylic acid groups (broad SMARTS) is 1. The van der Waals surface area contributed by atoms with Crippen LogP contribution < -0.4 is 4.90 Å². The average Bonchev–Trinajstić information content (AvgIpc) is 3.12. The van der Waals surface area contributed by atoms with Gasteiger partial charge in [0.1, 0.15) is 17.0 Å². The minimum Gasteiger partial charge on any atom is -0.480 e. The fourth-order valence-electron chi connectivity index (χ4n) is 3.59. The molecule has 0 saturated carbocycles. The lowest BCUT2D eigenvalue weighted by Gasteiger charge is -2.35. The predicted octanol–water partition coefficient (Wildman–Crippen LogP) is 2.58. The molecule has 0 amide bonds. The van der Waals surface area contributed by atoms with Crippen molar-refractivity contribution >= 4 is 33.3 Å². The zero-order chi connectivity index (χ0) is 19.5. The summed E-state index contributed by atoms with van der Waals surface area (Å²) in [5.74, 6) is 0.0812. The van der Waals surface area contributed by atoms with Crippen molar-refractivity contribution in [1.82, 2.24) is 14.9 Å². The molecule has 7 nitrogen and oxygen atoms in total. The molecular formula is C20H22N4O3S. The van der Waals surface area contributed by atoms with E-state index in [2.05, 4.69) is 32.4 Å². The SMILES string of the molecule is CN(CC(=O)O)CC1CN(c2ncnc3scc(-c4ccccc4)c23)CCO1. The number of thiophene rings is 1. The summed E-state index contributed by atoms with van der Waals surface area (Å²) in [7, 11) is 1.80. The summed E-state index contributed by atoms with van der Waals surface area (Å²) >= 11 is 1.62. The second-order valence-electron chi connectivity index (χ2n) is 6.92. The van der Waals surface area contributed by atoms with E-state index in [0.717, 1.165) is 33.7 Å². The minimum atomic E-state index is -0.835. The van der Waals surface area contributed by atoms with Gasteiger partial charge in [0, 0.05) is 30.6 Å². The number of hydrogen-bond acceptors (Lipinski definition) is 7. The smallest absolute Gasteiger partial charge is 0.317 e. The average molecular weight is 398 g/mol. The van der Waals surface area contributed by atoms with Crippen molar-refractivity contribution in [3.8, 4) is 11.1 Å². The van der Waals surface area contributed by atoms with Crippen LogP contribution in [0.1, 0.15) is 0 Å². The van der Waals surface area contributed by atoms with Gasteiger partial charge in [0.15, 0.2) is 0 Å². The Labute approximate surface area is 167 Å². The molecular weight excluding hydrogens is 376 g/mol. The van der Waals surface area contributed by atoms with Crippen molar-refractivity contribution in [2.75, 3.05) is 44.7 Å². The van der Waals surface area contributed by atoms with Gasteiger partial charge in [-0.3, -0.25) is 9.69 Å². The maximum atomic E-state index is 10.9. The molecule has 0 aliphatic carbocycles. The van der Waals surface area contributed by atoms with Crippen LogP contribution in [0.5, 0.6) is 0 Å². The van der Waals surface area contributed by atoms with Crippen LogP contribution in [0.15, 0.2) is 42.0 Å². The van der Waals surface area contributed by atoms with E-state index >= 15 is 0 Å². The van der Waals surface area contributed by atoms with E-state index in [4.69, 9.17) is 9.84 Å². The number of morpholine rings is 1. The summed E-state index contributed by atoms with van der Waals surface area (Å²) in [6.07, 6.45) is 1.55. The van der Waals surface area contributed by atoms with Crippen molar-refractivity contribution in [2.24, 2.45) is 0 Å². The number of carboxylic acids is 1. The number of likely N-dealkylation sites (N-methyl/N-ethyl adjacent to an activating group) is 1. The highest BCUT2D eigenvalue weighted by Crippen LogP contribution is 2.38. The predicted molar refractivity (Wildman–Crippen MR) is 110 cm³/mol. The van der Waals surface area contributed by atoms with E-state index < -0.39 is 5.97 Å². The Kier molecular flexibility index (Phi) is 5.52. The maximum Gasteiger partial charge on any atom is 0.317 e. The van der Waals surface area contributed by atoms with E-state index in [1.165, 1.54) is 0 Å². The summed E-state index contributed by atoms with van der Waals surface area (Å²) in [5.41, 5.74) is 2.29. The van der Waals surface area contributed by atoms with E-state index in [1.807, 2.05) is 18.2 Å². The highest BCUT2D eigenvalue weighted by Gasteiger charge is 2.26. The third-order valence-electron chi connectivity index (χ3n) is 4.79. The molecule has 8 heteroatoms. The number of fused-ring (bicyclic) bond motifs is 1. The van der Waals surface area contributed by atoms with Crippen molar-refractivity contribution in [3.05, 3.63) is 42.0 Å². The first-order chi connectivity index (χ1) is 13.6. The first-order valence-electron chi connectivity index (χ1n) is 9.16. The van der Waals surface area contributed by atoms with Gasteiger partial charge in [0.25, 0.3) is 0 Å². The number of aliphatic carboxylic acids is 1. The summed E-state index contributed by atoms with van der Waals surface area (Å²) in [6, 6.07) is 10.3. The summed E-state index contributed by atoms with van der Waals surface area (Å²) in [6.45, 7) is 2.56. The molecule has 146 valence electrons. The van der Waals surface area contributed by atoms with Gasteiger partial charge in [0.05, 0.1) is 24.6 Å². The fourth-order valence-corrected chi connectivity index (χ4v) is 4.51. The molecule has 1 saturated heterocycles. The third-order valence-corrected chi connectivity index (χ3v) is 5.68. The Morgan fingerprint density at radius 2 is 2.18 bits per heavy atom. The Morgan fingerprint density at radius 3 is 2.96 bits per heavy atom. The monoisotopic (exact) mass is 398 g/mol. The van der Waals surface area contributed by atoms with Crippen molar-refractivity contribution in [1.29, 1.82) is 0 Å². The number of rotatable bonds is 6. The maximum absolute atomic E-state index is 10.9. The standard InChI is InChI=1S/C20H22N4O3S/c1-23(11-17(25)26)9-15-10-24(7-8-27-15)19-18-16(14-5-3-2-4-6-14)12-28-20(18)22-13-21-19/h2-6,12-13,15H,7-11H2,1H3,(H,25,26). The number of hydrogen-bond donors (Lipinski definition) is 1. The third kappa shape index (κ3) is 3.99. The van der Waals surface area contributed by atoms with Gasteiger partial charge in [-0.2, -0.15) is 0 Å². The van der Waals surface area contributed by atoms with E-state index in [0.29, 0.717) is 19.7 Å². The normalized spacial score (nSPS) is 17.4. The summed E-state index contributed by atoms with van der Waals surface area (Å²) in [4.78, 5) is 25.0. The number of benzene rings is 1. The Hall–Kier alpha value is -2.55. The topological polar surface area (TPSA) is 78.8 Å². The molecule has 1 atom stereocenters. The zero-order valence-corrected chi connectivity index (χ0v) is 16.4. The van der Waals surface area contributed by atoms with Crippen LogP contribution >= 0.6 is 11.3 Å². The highest BCUT2D eigenvalue weighted by molar-refractivity contribution is 7.17. The highest BCUT2D eigenvalue weighted by atomic mass is 32.1. The Morgan fingerprint density at radius 1 is 1.36 bits per heavy atom. The van der Waals surface area contributed by atoms with Gasteiger partial charge in [-0.15, -0.1) is 11.3 Å². The molecule has 1 aliphatic rings. The Balaban J connectivity index is 1.62. The van der Waals surface area contributed by atoms with Crippen molar-refractivity contribution < 1.29 is 14.6 Å². The molecule has 1 fully saturated rings. The molecule has 1 unspecified atom stereocenters. The van der Waals surface area contributed by atoms with E-state index in [-0.39, 0.29) is 12.6 Å². The zero-order valence-electron chi connectivity index (χ0n) is 15.6. The molecule has 2 aromatic heterocycles. The van der Waals surface area contributed by atoms with Gasteiger partial charge >= 0.3 is 5.97 Å². The molecule has 0 bridgehead atoms. The van der Waals surface area contributed by atoms with Gasteiger partial charge in [0.2, 0.25) is 0 Å². The fraction of sp³-hybridized carbons (Fsp3) is 0.350. The number of carbonyl (C=O) groups is 1. The van der Waals surface area contributed by atoms with Gasteiger partial charge in [-0.05, 0) is 12.6 Å². The lowest BCUT2D eigenvalue weighted by molar-refractivity contribution is -0.138. The van der Waals surface area contributed by atoms with Crippen LogP contribution in [0.25, 0.3) is 21.3 Å². The number of ether oxygens (including phenoxy) is 1. The van der Waals surface area contributed by atoms with Gasteiger partial charge < -0.3 is 14.7 Å². The molecule has 1 aromatic carbocycles. The molecule has 0 spiro atoms. The Bertz CT molecular complexity index is 962. The quantitative estimate of drug-likeness (QED) is 0.684. The molecule has 28 heavy (non-hydrogen) atoms. The van der Waals surface area contributed by atoms with Crippen molar-refractivity contribution in [3.63, 3.8) is 0 Å². The van der Waals surface area contributed by atoms with E-state index in [9.17, 15) is 4.79 Å². The van der Waals surface area contributed by atoms with Crippen LogP contribution in [-0.2, 0) is 9.53 Å². The minimum absolute atomic E-state index is 0.000296. The van der Waals surface area contributed by atoms with Gasteiger partial charge in [-0.25, -0.2) is 9.97 Å². The summed E-state index contributed by atoms with van der Waals surface area (Å²) < 4.78 is 5.87. The lowest BCUT2D eigenvalue weighted by atomic mass is 10.1. The second kappa shape index (κ2) is 8.22. The molecule has 1 N–H and O–H groups in total. The van der Waals surface area contributed by atoms with E-state index in [1.54, 1.807) is 29.6 Å². The molecule has 0 radical (unpaired) electrons. The van der Waals surface area contributed by atoms with Gasteiger partial charge in [-0.1, -0.05) is 30.3 Å². The van der Waals surface area contributed by atoms with Crippen LogP contribution in [-0.4, -0.2) is 71.9 Å².